The highest BCUT2D eigenvalue weighted by Gasteiger charge is 2.22. The molecule has 0 saturated heterocycles. The summed E-state index contributed by atoms with van der Waals surface area (Å²) in [6, 6.07) is 2.04. The lowest BCUT2D eigenvalue weighted by atomic mass is 9.81. The largest absolute Gasteiger partial charge is 0.293 e. The van der Waals surface area contributed by atoms with Crippen LogP contribution in [-0.2, 0) is 0 Å². The number of aryl methyl sites for hydroxylation is 2. The van der Waals surface area contributed by atoms with Crippen molar-refractivity contribution in [3.63, 3.8) is 0 Å². The summed E-state index contributed by atoms with van der Waals surface area (Å²) in [5, 5.41) is 0. The van der Waals surface area contributed by atoms with E-state index in [1.165, 1.54) is 29.7 Å². The molecule has 0 amide bonds. The molecule has 76 valence electrons. The molecule has 0 spiro atoms. The Morgan fingerprint density at radius 3 is 2.64 bits per heavy atom. The van der Waals surface area contributed by atoms with Crippen LogP contribution in [0.15, 0.2) is 6.07 Å². The first-order chi connectivity index (χ1) is 6.66. The molecule has 1 aromatic rings. The van der Waals surface area contributed by atoms with Crippen LogP contribution in [0, 0.1) is 19.8 Å². The summed E-state index contributed by atoms with van der Waals surface area (Å²) < 4.78 is 0. The Balaban J connectivity index is 2.02. The van der Waals surface area contributed by atoms with Crippen molar-refractivity contribution in [2.45, 2.75) is 39.5 Å². The molecule has 1 nitrogen and oxygen atoms in total. The van der Waals surface area contributed by atoms with E-state index in [1.807, 2.05) is 6.07 Å². The summed E-state index contributed by atoms with van der Waals surface area (Å²) in [5.41, 5.74) is 1.26. The van der Waals surface area contributed by atoms with Gasteiger partial charge in [0.15, 0.2) is 5.78 Å². The number of thiophene rings is 1. The maximum Gasteiger partial charge on any atom is 0.173 e. The van der Waals surface area contributed by atoms with Gasteiger partial charge in [-0.15, -0.1) is 11.3 Å². The lowest BCUT2D eigenvalue weighted by Gasteiger charge is -2.23. The van der Waals surface area contributed by atoms with E-state index in [0.717, 1.165) is 11.3 Å². The fourth-order valence-electron chi connectivity index (χ4n) is 1.77. The topological polar surface area (TPSA) is 17.1 Å². The van der Waals surface area contributed by atoms with Crippen LogP contribution in [0.25, 0.3) is 0 Å². The highest BCUT2D eigenvalue weighted by Crippen LogP contribution is 2.32. The standard InChI is InChI=1S/C12H16OS/c1-8-6-12(14-9(8)2)11(13)7-10-4-3-5-10/h6,10H,3-5,7H2,1-2H3. The molecule has 1 aliphatic carbocycles. The number of hydrogen-bond donors (Lipinski definition) is 0. The van der Waals surface area contributed by atoms with E-state index >= 15 is 0 Å². The minimum Gasteiger partial charge on any atom is -0.293 e. The number of Topliss-reactive ketones (excluding diaryl/α,β-unsaturated/α-hetero) is 1. The fourth-order valence-corrected chi connectivity index (χ4v) is 2.75. The lowest BCUT2D eigenvalue weighted by Crippen LogP contribution is -2.15. The average Bonchev–Trinajstić information content (AvgIpc) is 2.40. The van der Waals surface area contributed by atoms with Gasteiger partial charge in [0.1, 0.15) is 0 Å². The molecule has 0 unspecified atom stereocenters. The normalized spacial score (nSPS) is 16.7. The smallest absolute Gasteiger partial charge is 0.173 e. The van der Waals surface area contributed by atoms with Crippen molar-refractivity contribution in [2.75, 3.05) is 0 Å². The maximum atomic E-state index is 11.8. The molecule has 0 aromatic carbocycles. The van der Waals surface area contributed by atoms with Crippen LogP contribution >= 0.6 is 11.3 Å². The van der Waals surface area contributed by atoms with Gasteiger partial charge in [-0.1, -0.05) is 19.3 Å². The van der Waals surface area contributed by atoms with Gasteiger partial charge in [-0.05, 0) is 31.4 Å². The van der Waals surface area contributed by atoms with Gasteiger partial charge in [0.2, 0.25) is 0 Å². The number of carbonyl (C=O) groups excluding carboxylic acids is 1. The van der Waals surface area contributed by atoms with Gasteiger partial charge in [-0.2, -0.15) is 0 Å². The molecule has 0 bridgehead atoms. The van der Waals surface area contributed by atoms with E-state index in [0.29, 0.717) is 11.7 Å². The van der Waals surface area contributed by atoms with Gasteiger partial charge in [0.05, 0.1) is 4.88 Å². The first-order valence-electron chi connectivity index (χ1n) is 5.27. The minimum atomic E-state index is 0.357. The molecular formula is C12H16OS. The summed E-state index contributed by atoms with van der Waals surface area (Å²) in [5.74, 6) is 1.04. The third-order valence-corrected chi connectivity index (χ3v) is 4.33. The number of ketones is 1. The van der Waals surface area contributed by atoms with E-state index < -0.39 is 0 Å². The lowest BCUT2D eigenvalue weighted by molar-refractivity contribution is 0.0940. The molecule has 1 fully saturated rings. The van der Waals surface area contributed by atoms with Crippen molar-refractivity contribution in [3.05, 3.63) is 21.4 Å². The van der Waals surface area contributed by atoms with Gasteiger partial charge in [0, 0.05) is 11.3 Å². The van der Waals surface area contributed by atoms with Crippen LogP contribution in [0.3, 0.4) is 0 Å². The average molecular weight is 208 g/mol. The number of hydrogen-bond acceptors (Lipinski definition) is 2. The Kier molecular flexibility index (Phi) is 2.73. The zero-order chi connectivity index (χ0) is 10.1. The Bertz CT molecular complexity index is 328. The van der Waals surface area contributed by atoms with Crippen LogP contribution in [0.1, 0.15) is 45.8 Å². The fraction of sp³-hybridized carbons (Fsp3) is 0.583. The van der Waals surface area contributed by atoms with Crippen LogP contribution in [-0.4, -0.2) is 5.78 Å². The van der Waals surface area contributed by atoms with E-state index in [-0.39, 0.29) is 0 Å². The molecule has 1 aliphatic rings. The third kappa shape index (κ3) is 1.90. The second kappa shape index (κ2) is 3.85. The second-order valence-electron chi connectivity index (χ2n) is 4.27. The third-order valence-electron chi connectivity index (χ3n) is 3.14. The molecule has 2 rings (SSSR count). The van der Waals surface area contributed by atoms with Gasteiger partial charge < -0.3 is 0 Å². The molecule has 14 heavy (non-hydrogen) atoms. The Morgan fingerprint density at radius 1 is 1.50 bits per heavy atom. The van der Waals surface area contributed by atoms with Crippen molar-refractivity contribution in [3.8, 4) is 0 Å². The molecule has 0 atom stereocenters. The zero-order valence-corrected chi connectivity index (χ0v) is 9.62. The van der Waals surface area contributed by atoms with Crippen molar-refractivity contribution in [1.29, 1.82) is 0 Å². The molecule has 0 radical (unpaired) electrons. The first-order valence-corrected chi connectivity index (χ1v) is 6.08. The molecule has 1 saturated carbocycles. The minimum absolute atomic E-state index is 0.357. The Morgan fingerprint density at radius 2 is 2.21 bits per heavy atom. The summed E-state index contributed by atoms with van der Waals surface area (Å²) in [6.07, 6.45) is 4.62. The summed E-state index contributed by atoms with van der Waals surface area (Å²) >= 11 is 1.65. The predicted octanol–water partition coefficient (Wildman–Crippen LogP) is 3.74. The van der Waals surface area contributed by atoms with Crippen LogP contribution in [0.4, 0.5) is 0 Å². The van der Waals surface area contributed by atoms with Crippen molar-refractivity contribution < 1.29 is 4.79 Å². The second-order valence-corrected chi connectivity index (χ2v) is 5.53. The number of carbonyl (C=O) groups is 1. The van der Waals surface area contributed by atoms with Crippen molar-refractivity contribution in [1.82, 2.24) is 0 Å². The molecule has 0 aliphatic heterocycles. The Labute approximate surface area is 89.1 Å². The van der Waals surface area contributed by atoms with Crippen LogP contribution in [0.2, 0.25) is 0 Å². The summed E-state index contributed by atoms with van der Waals surface area (Å²) in [7, 11) is 0. The maximum absolute atomic E-state index is 11.8. The number of rotatable bonds is 3. The highest BCUT2D eigenvalue weighted by molar-refractivity contribution is 7.14. The van der Waals surface area contributed by atoms with Crippen LogP contribution < -0.4 is 0 Å². The van der Waals surface area contributed by atoms with Gasteiger partial charge in [0.25, 0.3) is 0 Å². The molecule has 2 heteroatoms. The van der Waals surface area contributed by atoms with E-state index in [4.69, 9.17) is 0 Å². The van der Waals surface area contributed by atoms with Crippen molar-refractivity contribution >= 4 is 17.1 Å². The Hall–Kier alpha value is -0.630. The molecule has 1 aromatic heterocycles. The molecular weight excluding hydrogens is 192 g/mol. The first kappa shape index (κ1) is 9.91. The summed E-state index contributed by atoms with van der Waals surface area (Å²) in [4.78, 5) is 14.1. The summed E-state index contributed by atoms with van der Waals surface area (Å²) in [6.45, 7) is 4.16. The molecule has 1 heterocycles. The van der Waals surface area contributed by atoms with Crippen LogP contribution in [0.5, 0.6) is 0 Å². The van der Waals surface area contributed by atoms with E-state index in [9.17, 15) is 4.79 Å². The van der Waals surface area contributed by atoms with Crippen molar-refractivity contribution in [2.24, 2.45) is 5.92 Å². The van der Waals surface area contributed by atoms with E-state index in [2.05, 4.69) is 13.8 Å². The monoisotopic (exact) mass is 208 g/mol. The quantitative estimate of drug-likeness (QED) is 0.692. The van der Waals surface area contributed by atoms with Gasteiger partial charge in [-0.3, -0.25) is 4.79 Å². The highest BCUT2D eigenvalue weighted by atomic mass is 32.1. The van der Waals surface area contributed by atoms with Gasteiger partial charge >= 0.3 is 0 Å². The van der Waals surface area contributed by atoms with Gasteiger partial charge in [-0.25, -0.2) is 0 Å². The SMILES string of the molecule is Cc1cc(C(=O)CC2CCC2)sc1C. The predicted molar refractivity (Wildman–Crippen MR) is 60.1 cm³/mol. The molecule has 0 N–H and O–H groups in total. The zero-order valence-electron chi connectivity index (χ0n) is 8.80. The van der Waals surface area contributed by atoms with E-state index in [1.54, 1.807) is 11.3 Å².